The lowest BCUT2D eigenvalue weighted by Crippen LogP contribution is -2.33. The molecule has 1 unspecified atom stereocenters. The number of rotatable bonds is 6. The Morgan fingerprint density at radius 1 is 1.21 bits per heavy atom. The molecule has 1 fully saturated rings. The number of nitrogens with zero attached hydrogens (tertiary/aromatic N) is 2. The number of amides is 1. The van der Waals surface area contributed by atoms with Crippen molar-refractivity contribution < 1.29 is 13.6 Å². The minimum Gasteiger partial charge on any atom is -0.444 e. The minimum atomic E-state index is -0.274. The molecule has 1 atom stereocenters. The zero-order valence-corrected chi connectivity index (χ0v) is 16.2. The van der Waals surface area contributed by atoms with E-state index in [1.54, 1.807) is 36.2 Å². The van der Waals surface area contributed by atoms with Crippen LogP contribution in [0.1, 0.15) is 30.1 Å². The smallest absolute Gasteiger partial charge is 0.228 e. The molecule has 0 N–H and O–H groups in total. The van der Waals surface area contributed by atoms with E-state index in [4.69, 9.17) is 16.0 Å². The van der Waals surface area contributed by atoms with E-state index in [2.05, 4.69) is 4.98 Å². The molecule has 1 aliphatic carbocycles. The van der Waals surface area contributed by atoms with E-state index >= 15 is 0 Å². The third-order valence-corrected chi connectivity index (χ3v) is 5.32. The summed E-state index contributed by atoms with van der Waals surface area (Å²) in [6.45, 7) is 0. The molecule has 0 saturated heterocycles. The number of hydrogen-bond acceptors (Lipinski definition) is 3. The Hall–Kier alpha value is -2.66. The highest BCUT2D eigenvalue weighted by Crippen LogP contribution is 2.44. The van der Waals surface area contributed by atoms with E-state index in [0.29, 0.717) is 22.5 Å². The third-order valence-electron chi connectivity index (χ3n) is 5.07. The van der Waals surface area contributed by atoms with Crippen LogP contribution in [-0.4, -0.2) is 22.8 Å². The highest BCUT2D eigenvalue weighted by Gasteiger charge is 2.37. The number of carbonyl (C=O) groups is 1. The average Bonchev–Trinajstić information content (AvgIpc) is 3.42. The molecule has 1 aliphatic rings. The molecule has 0 spiro atoms. The van der Waals surface area contributed by atoms with Gasteiger partial charge in [0, 0.05) is 17.6 Å². The standard InChI is InChI=1S/C22H20ClFN2O2/c1-26(21(14-2-3-14)15-6-10-18(24)11-7-15)20(27)12-19-13-28-22(25-19)16-4-8-17(23)9-5-16/h4-11,13-14,21H,2-3,12H2,1H3. The molecule has 0 aliphatic heterocycles. The first-order chi connectivity index (χ1) is 13.5. The first-order valence-electron chi connectivity index (χ1n) is 9.23. The van der Waals surface area contributed by atoms with Crippen molar-refractivity contribution in [1.29, 1.82) is 0 Å². The van der Waals surface area contributed by atoms with Gasteiger partial charge < -0.3 is 9.32 Å². The van der Waals surface area contributed by atoms with E-state index in [0.717, 1.165) is 24.0 Å². The van der Waals surface area contributed by atoms with Crippen LogP contribution in [0.4, 0.5) is 4.39 Å². The summed E-state index contributed by atoms with van der Waals surface area (Å²) in [5.74, 6) is 0.558. The Morgan fingerprint density at radius 2 is 1.89 bits per heavy atom. The van der Waals surface area contributed by atoms with Crippen LogP contribution < -0.4 is 0 Å². The Bertz CT molecular complexity index is 965. The highest BCUT2D eigenvalue weighted by molar-refractivity contribution is 6.30. The summed E-state index contributed by atoms with van der Waals surface area (Å²) in [6, 6.07) is 13.5. The largest absolute Gasteiger partial charge is 0.444 e. The maximum Gasteiger partial charge on any atom is 0.228 e. The molecular formula is C22H20ClFN2O2. The first kappa shape index (κ1) is 18.7. The summed E-state index contributed by atoms with van der Waals surface area (Å²) in [4.78, 5) is 19.1. The van der Waals surface area contributed by atoms with Crippen molar-refractivity contribution in [2.75, 3.05) is 7.05 Å². The molecule has 1 heterocycles. The molecular weight excluding hydrogens is 379 g/mol. The second-order valence-corrected chi connectivity index (χ2v) is 7.60. The molecule has 4 nitrogen and oxygen atoms in total. The van der Waals surface area contributed by atoms with E-state index in [1.165, 1.54) is 18.4 Å². The number of aromatic nitrogens is 1. The second-order valence-electron chi connectivity index (χ2n) is 7.17. The average molecular weight is 399 g/mol. The predicted molar refractivity (Wildman–Crippen MR) is 105 cm³/mol. The van der Waals surface area contributed by atoms with Gasteiger partial charge in [0.1, 0.15) is 12.1 Å². The number of benzene rings is 2. The van der Waals surface area contributed by atoms with Crippen molar-refractivity contribution in [3.8, 4) is 11.5 Å². The fraction of sp³-hybridized carbons (Fsp3) is 0.273. The van der Waals surface area contributed by atoms with Crippen LogP contribution in [0.25, 0.3) is 11.5 Å². The quantitative estimate of drug-likeness (QED) is 0.567. The lowest BCUT2D eigenvalue weighted by molar-refractivity contribution is -0.131. The first-order valence-corrected chi connectivity index (χ1v) is 9.60. The van der Waals surface area contributed by atoms with Gasteiger partial charge in [0.2, 0.25) is 11.8 Å². The fourth-order valence-corrected chi connectivity index (χ4v) is 3.56. The third kappa shape index (κ3) is 4.09. The Kier molecular flexibility index (Phi) is 5.18. The Balaban J connectivity index is 1.48. The van der Waals surface area contributed by atoms with Gasteiger partial charge >= 0.3 is 0 Å². The molecule has 4 rings (SSSR count). The zero-order valence-electron chi connectivity index (χ0n) is 15.4. The SMILES string of the molecule is CN(C(=O)Cc1coc(-c2ccc(Cl)cc2)n1)C(c1ccc(F)cc1)C1CC1. The topological polar surface area (TPSA) is 46.3 Å². The summed E-state index contributed by atoms with van der Waals surface area (Å²) < 4.78 is 18.8. The van der Waals surface area contributed by atoms with Gasteiger partial charge in [-0.1, -0.05) is 23.7 Å². The van der Waals surface area contributed by atoms with E-state index in [-0.39, 0.29) is 24.2 Å². The molecule has 1 amide bonds. The maximum absolute atomic E-state index is 13.3. The van der Waals surface area contributed by atoms with E-state index in [1.807, 2.05) is 12.1 Å². The zero-order chi connectivity index (χ0) is 19.7. The number of hydrogen-bond donors (Lipinski definition) is 0. The summed E-state index contributed by atoms with van der Waals surface area (Å²) in [6.07, 6.45) is 3.81. The molecule has 0 radical (unpaired) electrons. The van der Waals surface area contributed by atoms with Gasteiger partial charge in [0.05, 0.1) is 18.2 Å². The highest BCUT2D eigenvalue weighted by atomic mass is 35.5. The monoisotopic (exact) mass is 398 g/mol. The van der Waals surface area contributed by atoms with Crippen molar-refractivity contribution in [2.24, 2.45) is 5.92 Å². The van der Waals surface area contributed by atoms with Crippen molar-refractivity contribution in [1.82, 2.24) is 9.88 Å². The number of carbonyl (C=O) groups excluding carboxylic acids is 1. The van der Waals surface area contributed by atoms with Crippen LogP contribution in [0.5, 0.6) is 0 Å². The van der Waals surface area contributed by atoms with E-state index < -0.39 is 0 Å². The number of likely N-dealkylation sites (N-methyl/N-ethyl adjacent to an activating group) is 1. The lowest BCUT2D eigenvalue weighted by Gasteiger charge is -2.28. The summed E-state index contributed by atoms with van der Waals surface area (Å²) in [7, 11) is 1.80. The Labute approximate surface area is 167 Å². The number of oxazole rings is 1. The van der Waals surface area contributed by atoms with Crippen LogP contribution in [0.3, 0.4) is 0 Å². The van der Waals surface area contributed by atoms with Gasteiger partial charge in [0.25, 0.3) is 0 Å². The van der Waals surface area contributed by atoms with Crippen molar-refractivity contribution in [3.63, 3.8) is 0 Å². The van der Waals surface area contributed by atoms with Gasteiger partial charge in [-0.25, -0.2) is 9.37 Å². The molecule has 6 heteroatoms. The van der Waals surface area contributed by atoms with Crippen LogP contribution in [-0.2, 0) is 11.2 Å². The Morgan fingerprint density at radius 3 is 2.54 bits per heavy atom. The molecule has 3 aromatic rings. The number of halogens is 2. The summed E-state index contributed by atoms with van der Waals surface area (Å²) >= 11 is 5.91. The van der Waals surface area contributed by atoms with Crippen molar-refractivity contribution in [3.05, 3.63) is 76.9 Å². The van der Waals surface area contributed by atoms with Gasteiger partial charge in [-0.3, -0.25) is 4.79 Å². The van der Waals surface area contributed by atoms with Crippen molar-refractivity contribution >= 4 is 17.5 Å². The molecule has 28 heavy (non-hydrogen) atoms. The summed E-state index contributed by atoms with van der Waals surface area (Å²) in [5.41, 5.74) is 2.34. The van der Waals surface area contributed by atoms with Crippen LogP contribution in [0.15, 0.2) is 59.2 Å². The molecule has 0 bridgehead atoms. The van der Waals surface area contributed by atoms with Crippen molar-refractivity contribution in [2.45, 2.75) is 25.3 Å². The van der Waals surface area contributed by atoms with Gasteiger partial charge in [-0.15, -0.1) is 0 Å². The predicted octanol–water partition coefficient (Wildman–Crippen LogP) is 5.29. The molecule has 1 aromatic heterocycles. The summed E-state index contributed by atoms with van der Waals surface area (Å²) in [5, 5.41) is 0.638. The maximum atomic E-state index is 13.3. The van der Waals surface area contributed by atoms with E-state index in [9.17, 15) is 9.18 Å². The molecule has 1 saturated carbocycles. The van der Waals surface area contributed by atoms with Gasteiger partial charge in [0.15, 0.2) is 0 Å². The fourth-order valence-electron chi connectivity index (χ4n) is 3.43. The lowest BCUT2D eigenvalue weighted by atomic mass is 10.0. The van der Waals surface area contributed by atoms with Gasteiger partial charge in [-0.05, 0) is 60.7 Å². The van der Waals surface area contributed by atoms with Crippen LogP contribution in [0.2, 0.25) is 5.02 Å². The molecule has 144 valence electrons. The van der Waals surface area contributed by atoms with Crippen LogP contribution in [0, 0.1) is 11.7 Å². The molecule has 2 aromatic carbocycles. The normalized spacial score (nSPS) is 14.7. The minimum absolute atomic E-state index is 0.0443. The van der Waals surface area contributed by atoms with Crippen LogP contribution >= 0.6 is 11.6 Å². The van der Waals surface area contributed by atoms with Gasteiger partial charge in [-0.2, -0.15) is 0 Å². The second kappa shape index (κ2) is 7.76.